The predicted octanol–water partition coefficient (Wildman–Crippen LogP) is 1.54. The molecule has 0 spiro atoms. The summed E-state index contributed by atoms with van der Waals surface area (Å²) in [7, 11) is 0. The summed E-state index contributed by atoms with van der Waals surface area (Å²) in [6, 6.07) is 6.31. The van der Waals surface area contributed by atoms with E-state index < -0.39 is 17.8 Å². The third-order valence-corrected chi connectivity index (χ3v) is 3.04. The molecule has 0 aliphatic rings. The largest absolute Gasteiger partial charge is 0.426 e. The fourth-order valence-corrected chi connectivity index (χ4v) is 1.90. The number of nitrogens with two attached hydrogens (primary N) is 1. The van der Waals surface area contributed by atoms with Gasteiger partial charge in [0.2, 0.25) is 5.91 Å². The van der Waals surface area contributed by atoms with Gasteiger partial charge in [0.05, 0.1) is 5.56 Å². The van der Waals surface area contributed by atoms with Crippen LogP contribution in [-0.2, 0) is 9.59 Å². The van der Waals surface area contributed by atoms with Crippen LogP contribution >= 0.6 is 0 Å². The van der Waals surface area contributed by atoms with Crippen LogP contribution in [0.1, 0.15) is 48.9 Å². The zero-order chi connectivity index (χ0) is 16.4. The number of amides is 2. The van der Waals surface area contributed by atoms with Crippen LogP contribution in [-0.4, -0.2) is 23.0 Å². The molecule has 0 radical (unpaired) electrons. The van der Waals surface area contributed by atoms with Crippen molar-refractivity contribution in [3.05, 3.63) is 29.8 Å². The minimum absolute atomic E-state index is 0.166. The number of primary amides is 1. The van der Waals surface area contributed by atoms with Crippen LogP contribution in [0.5, 0.6) is 5.75 Å². The molecule has 0 saturated heterocycles. The number of carbonyl (C=O) groups excluding carboxylic acids is 3. The normalized spacial score (nSPS) is 10.0. The lowest BCUT2D eigenvalue weighted by Gasteiger charge is -2.07. The highest BCUT2D eigenvalue weighted by molar-refractivity contribution is 5.96. The number of hydrogen-bond donors (Lipinski definition) is 3. The van der Waals surface area contributed by atoms with Gasteiger partial charge in [-0.2, -0.15) is 0 Å². The molecule has 1 aromatic rings. The maximum Gasteiger partial charge on any atom is 0.311 e. The SMILES string of the molecule is NC(=O)c1ccccc1OC(=O)CCCCCCC(=O)NO. The van der Waals surface area contributed by atoms with Gasteiger partial charge in [0.25, 0.3) is 5.91 Å². The second-order valence-electron chi connectivity index (χ2n) is 4.78. The van der Waals surface area contributed by atoms with Gasteiger partial charge < -0.3 is 10.5 Å². The lowest BCUT2D eigenvalue weighted by Crippen LogP contribution is -2.17. The van der Waals surface area contributed by atoms with Crippen molar-refractivity contribution in [2.75, 3.05) is 0 Å². The maximum atomic E-state index is 11.7. The number of hydroxylamine groups is 1. The Morgan fingerprint density at radius 1 is 1.05 bits per heavy atom. The maximum absolute atomic E-state index is 11.7. The molecule has 120 valence electrons. The second-order valence-corrected chi connectivity index (χ2v) is 4.78. The van der Waals surface area contributed by atoms with Crippen molar-refractivity contribution >= 4 is 17.8 Å². The molecule has 0 bridgehead atoms. The van der Waals surface area contributed by atoms with E-state index in [1.54, 1.807) is 17.6 Å². The molecule has 2 amide bonds. The van der Waals surface area contributed by atoms with Crippen LogP contribution in [0.3, 0.4) is 0 Å². The van der Waals surface area contributed by atoms with Crippen LogP contribution in [0.25, 0.3) is 0 Å². The van der Waals surface area contributed by atoms with Gasteiger partial charge in [0.15, 0.2) is 0 Å². The number of rotatable bonds is 9. The summed E-state index contributed by atoms with van der Waals surface area (Å²) < 4.78 is 5.13. The van der Waals surface area contributed by atoms with Crippen molar-refractivity contribution < 1.29 is 24.3 Å². The summed E-state index contributed by atoms with van der Waals surface area (Å²) >= 11 is 0. The van der Waals surface area contributed by atoms with Crippen molar-refractivity contribution in [3.63, 3.8) is 0 Å². The van der Waals surface area contributed by atoms with Crippen LogP contribution in [0, 0.1) is 0 Å². The predicted molar refractivity (Wildman–Crippen MR) is 78.2 cm³/mol. The van der Waals surface area contributed by atoms with E-state index >= 15 is 0 Å². The molecule has 0 heterocycles. The Kier molecular flexibility index (Phi) is 7.63. The zero-order valence-electron chi connectivity index (χ0n) is 12.2. The summed E-state index contributed by atoms with van der Waals surface area (Å²) in [4.78, 5) is 33.7. The first-order valence-electron chi connectivity index (χ1n) is 7.07. The number of para-hydroxylation sites is 1. The fraction of sp³-hybridized carbons (Fsp3) is 0.400. The average Bonchev–Trinajstić information content (AvgIpc) is 2.50. The van der Waals surface area contributed by atoms with Crippen molar-refractivity contribution in [1.82, 2.24) is 5.48 Å². The van der Waals surface area contributed by atoms with Gasteiger partial charge in [-0.1, -0.05) is 25.0 Å². The molecule has 0 fully saturated rings. The third kappa shape index (κ3) is 6.36. The molecule has 1 rings (SSSR count). The van der Waals surface area contributed by atoms with E-state index in [2.05, 4.69) is 0 Å². The van der Waals surface area contributed by atoms with Crippen LogP contribution < -0.4 is 16.0 Å². The van der Waals surface area contributed by atoms with Gasteiger partial charge in [0.1, 0.15) is 5.75 Å². The molecule has 0 aliphatic carbocycles. The number of carbonyl (C=O) groups is 3. The first-order chi connectivity index (χ1) is 10.5. The van der Waals surface area contributed by atoms with E-state index in [0.29, 0.717) is 12.8 Å². The quantitative estimate of drug-likeness (QED) is 0.210. The number of nitrogens with one attached hydrogen (secondary N) is 1. The number of ether oxygens (including phenoxy) is 1. The van der Waals surface area contributed by atoms with E-state index in [9.17, 15) is 14.4 Å². The Morgan fingerprint density at radius 3 is 2.32 bits per heavy atom. The van der Waals surface area contributed by atoms with E-state index in [1.807, 2.05) is 0 Å². The number of esters is 1. The summed E-state index contributed by atoms with van der Waals surface area (Å²) in [5.41, 5.74) is 6.94. The van der Waals surface area contributed by atoms with Gasteiger partial charge >= 0.3 is 5.97 Å². The third-order valence-electron chi connectivity index (χ3n) is 3.04. The lowest BCUT2D eigenvalue weighted by atomic mass is 10.1. The standard InChI is InChI=1S/C15H20N2O5/c16-15(20)11-7-5-6-8-12(11)22-14(19)10-4-2-1-3-9-13(18)17-21/h5-8,21H,1-4,9-10H2,(H2,16,20)(H,17,18). The average molecular weight is 308 g/mol. The highest BCUT2D eigenvalue weighted by Crippen LogP contribution is 2.18. The monoisotopic (exact) mass is 308 g/mol. The van der Waals surface area contributed by atoms with Crippen molar-refractivity contribution in [1.29, 1.82) is 0 Å². The molecular weight excluding hydrogens is 288 g/mol. The van der Waals surface area contributed by atoms with E-state index in [4.69, 9.17) is 15.7 Å². The molecule has 1 aromatic carbocycles. The summed E-state index contributed by atoms with van der Waals surface area (Å²) in [5, 5.41) is 8.32. The second kappa shape index (κ2) is 9.51. The van der Waals surface area contributed by atoms with Gasteiger partial charge in [-0.25, -0.2) is 5.48 Å². The fourth-order valence-electron chi connectivity index (χ4n) is 1.90. The topological polar surface area (TPSA) is 119 Å². The van der Waals surface area contributed by atoms with E-state index in [-0.39, 0.29) is 24.2 Å². The molecule has 0 saturated carbocycles. The minimum atomic E-state index is -0.648. The Hall–Kier alpha value is -2.41. The van der Waals surface area contributed by atoms with Gasteiger partial charge in [0, 0.05) is 12.8 Å². The van der Waals surface area contributed by atoms with Gasteiger partial charge in [-0.05, 0) is 25.0 Å². The molecule has 0 aromatic heterocycles. The molecule has 7 heteroatoms. The summed E-state index contributed by atoms with van der Waals surface area (Å²) in [6.07, 6.45) is 3.29. The van der Waals surface area contributed by atoms with Crippen LogP contribution in [0.4, 0.5) is 0 Å². The molecule has 0 atom stereocenters. The van der Waals surface area contributed by atoms with E-state index in [0.717, 1.165) is 12.8 Å². The summed E-state index contributed by atoms with van der Waals surface area (Å²) in [6.45, 7) is 0. The van der Waals surface area contributed by atoms with Crippen LogP contribution in [0.2, 0.25) is 0 Å². The molecule has 0 aliphatic heterocycles. The van der Waals surface area contributed by atoms with Crippen molar-refractivity contribution in [2.45, 2.75) is 38.5 Å². The Labute approximate surface area is 128 Å². The highest BCUT2D eigenvalue weighted by Gasteiger charge is 2.12. The first kappa shape index (κ1) is 17.6. The molecule has 0 unspecified atom stereocenters. The Morgan fingerprint density at radius 2 is 1.68 bits per heavy atom. The lowest BCUT2D eigenvalue weighted by molar-refractivity contribution is -0.134. The van der Waals surface area contributed by atoms with Crippen LogP contribution in [0.15, 0.2) is 24.3 Å². The summed E-state index contributed by atoms with van der Waals surface area (Å²) in [5.74, 6) is -1.32. The highest BCUT2D eigenvalue weighted by atomic mass is 16.5. The smallest absolute Gasteiger partial charge is 0.311 e. The van der Waals surface area contributed by atoms with Gasteiger partial charge in [-0.15, -0.1) is 0 Å². The van der Waals surface area contributed by atoms with E-state index in [1.165, 1.54) is 12.1 Å². The Bertz CT molecular complexity index is 530. The number of unbranched alkanes of at least 4 members (excludes halogenated alkanes) is 3. The minimum Gasteiger partial charge on any atom is -0.426 e. The molecule has 4 N–H and O–H groups in total. The molecule has 22 heavy (non-hydrogen) atoms. The first-order valence-corrected chi connectivity index (χ1v) is 7.07. The Balaban J connectivity index is 2.27. The number of hydrogen-bond acceptors (Lipinski definition) is 5. The van der Waals surface area contributed by atoms with Crippen molar-refractivity contribution in [2.24, 2.45) is 5.73 Å². The van der Waals surface area contributed by atoms with Gasteiger partial charge in [-0.3, -0.25) is 19.6 Å². The zero-order valence-corrected chi connectivity index (χ0v) is 12.2. The van der Waals surface area contributed by atoms with Crippen molar-refractivity contribution in [3.8, 4) is 5.75 Å². The number of benzene rings is 1. The molecule has 7 nitrogen and oxygen atoms in total. The molecular formula is C15H20N2O5.